The van der Waals surface area contributed by atoms with Crippen molar-refractivity contribution < 1.29 is 23.5 Å². The van der Waals surface area contributed by atoms with Crippen LogP contribution in [-0.4, -0.2) is 28.8 Å². The summed E-state index contributed by atoms with van der Waals surface area (Å²) in [5, 5.41) is 2.52. The smallest absolute Gasteiger partial charge is 0.331 e. The van der Waals surface area contributed by atoms with E-state index >= 15 is 0 Å². The van der Waals surface area contributed by atoms with Gasteiger partial charge in [0.05, 0.1) is 23.9 Å². The number of nitrogens with one attached hydrogen (secondary N) is 1. The van der Waals surface area contributed by atoms with Crippen molar-refractivity contribution in [2.45, 2.75) is 32.9 Å². The van der Waals surface area contributed by atoms with Crippen LogP contribution in [0.15, 0.2) is 46.6 Å². The molecular formula is C20H19ClN2O5. The number of imide groups is 2. The third-order valence-corrected chi connectivity index (χ3v) is 4.55. The Morgan fingerprint density at radius 2 is 2.07 bits per heavy atom. The first-order valence-corrected chi connectivity index (χ1v) is 9.14. The number of furan rings is 1. The Bertz CT molecular complexity index is 936. The van der Waals surface area contributed by atoms with E-state index in [2.05, 4.69) is 5.32 Å². The number of amides is 4. The highest BCUT2D eigenvalue weighted by atomic mass is 35.5. The van der Waals surface area contributed by atoms with Gasteiger partial charge in [0.15, 0.2) is 0 Å². The molecule has 0 radical (unpaired) electrons. The van der Waals surface area contributed by atoms with Gasteiger partial charge in [-0.1, -0.05) is 24.6 Å². The maximum Gasteiger partial charge on any atom is 0.331 e. The number of nitrogens with zero attached hydrogens (tertiary/aromatic N) is 1. The normalized spacial score (nSPS) is 17.0. The minimum Gasteiger partial charge on any atom is -0.489 e. The van der Waals surface area contributed by atoms with Crippen LogP contribution in [0.3, 0.4) is 0 Å². The van der Waals surface area contributed by atoms with E-state index < -0.39 is 17.8 Å². The third kappa shape index (κ3) is 4.26. The fraction of sp³-hybridized carbons (Fsp3) is 0.250. The van der Waals surface area contributed by atoms with E-state index in [1.165, 1.54) is 12.3 Å². The second-order valence-corrected chi connectivity index (χ2v) is 6.72. The summed E-state index contributed by atoms with van der Waals surface area (Å²) in [6.45, 7) is 3.85. The van der Waals surface area contributed by atoms with Crippen LogP contribution in [0, 0.1) is 0 Å². The molecule has 0 bridgehead atoms. The third-order valence-electron chi connectivity index (χ3n) is 4.25. The zero-order valence-electron chi connectivity index (χ0n) is 15.4. The summed E-state index contributed by atoms with van der Waals surface area (Å²) < 4.78 is 10.9. The van der Waals surface area contributed by atoms with E-state index in [0.29, 0.717) is 22.1 Å². The molecule has 1 aromatic carbocycles. The number of hydrogen-bond acceptors (Lipinski definition) is 5. The molecule has 1 aliphatic heterocycles. The summed E-state index contributed by atoms with van der Waals surface area (Å²) >= 11 is 6.25. The van der Waals surface area contributed by atoms with E-state index in [-0.39, 0.29) is 18.2 Å². The molecule has 0 saturated carbocycles. The topological polar surface area (TPSA) is 88.8 Å². The summed E-state index contributed by atoms with van der Waals surface area (Å²) in [6, 6.07) is 7.45. The van der Waals surface area contributed by atoms with Gasteiger partial charge in [-0.2, -0.15) is 0 Å². The Hall–Kier alpha value is -3.06. The van der Waals surface area contributed by atoms with Crippen molar-refractivity contribution in [1.82, 2.24) is 10.2 Å². The number of barbiturate groups is 1. The number of ether oxygens (including phenoxy) is 1. The Balaban J connectivity index is 1.85. The van der Waals surface area contributed by atoms with E-state index in [1.807, 2.05) is 13.8 Å². The minimum atomic E-state index is -0.793. The summed E-state index contributed by atoms with van der Waals surface area (Å²) in [6.07, 6.45) is 3.66. The van der Waals surface area contributed by atoms with Crippen LogP contribution in [0.25, 0.3) is 6.08 Å². The number of carbonyl (C=O) groups excluding carboxylic acids is 3. The lowest BCUT2D eigenvalue weighted by molar-refractivity contribution is -0.130. The van der Waals surface area contributed by atoms with Crippen LogP contribution in [-0.2, 0) is 16.1 Å². The molecule has 146 valence electrons. The Morgan fingerprint density at radius 1 is 1.29 bits per heavy atom. The average Bonchev–Trinajstić information content (AvgIpc) is 3.17. The molecule has 2 heterocycles. The molecule has 0 aliphatic carbocycles. The average molecular weight is 403 g/mol. The van der Waals surface area contributed by atoms with Gasteiger partial charge in [-0.3, -0.25) is 19.8 Å². The number of rotatable bonds is 6. The molecule has 1 aromatic heterocycles. The molecule has 3 rings (SSSR count). The van der Waals surface area contributed by atoms with Crippen molar-refractivity contribution in [3.63, 3.8) is 0 Å². The molecule has 4 amide bonds. The van der Waals surface area contributed by atoms with E-state index in [0.717, 1.165) is 11.3 Å². The van der Waals surface area contributed by atoms with Gasteiger partial charge in [-0.25, -0.2) is 4.79 Å². The number of halogens is 1. The molecule has 1 unspecified atom stereocenters. The van der Waals surface area contributed by atoms with E-state index in [9.17, 15) is 14.4 Å². The molecule has 0 spiro atoms. The maximum absolute atomic E-state index is 12.7. The largest absolute Gasteiger partial charge is 0.489 e. The molecule has 7 nitrogen and oxygen atoms in total. The van der Waals surface area contributed by atoms with Crippen molar-refractivity contribution in [1.29, 1.82) is 0 Å². The van der Waals surface area contributed by atoms with Crippen molar-refractivity contribution in [2.24, 2.45) is 0 Å². The molecule has 2 aromatic rings. The standard InChI is InChI=1S/C20H19ClN2O5/c1-3-12(2)28-17-7-6-13(10-16(17)21)9-15-18(24)22-20(26)23(19(15)25)11-14-5-4-8-27-14/h4-10,12H,3,11H2,1-2H3,(H,22,24,26). The van der Waals surface area contributed by atoms with E-state index in [4.69, 9.17) is 20.8 Å². The molecule has 1 saturated heterocycles. The molecule has 1 atom stereocenters. The highest BCUT2D eigenvalue weighted by Gasteiger charge is 2.36. The quantitative estimate of drug-likeness (QED) is 0.586. The van der Waals surface area contributed by atoms with Gasteiger partial charge >= 0.3 is 6.03 Å². The number of urea groups is 1. The summed E-state index contributed by atoms with van der Waals surface area (Å²) in [7, 11) is 0. The first kappa shape index (κ1) is 19.7. The van der Waals surface area contributed by atoms with Gasteiger partial charge in [-0.15, -0.1) is 0 Å². The van der Waals surface area contributed by atoms with Gasteiger partial charge < -0.3 is 9.15 Å². The molecule has 1 fully saturated rings. The zero-order chi connectivity index (χ0) is 20.3. The molecular weight excluding hydrogens is 384 g/mol. The lowest BCUT2D eigenvalue weighted by atomic mass is 10.1. The van der Waals surface area contributed by atoms with Crippen LogP contribution in [0.4, 0.5) is 4.79 Å². The highest BCUT2D eigenvalue weighted by Crippen LogP contribution is 2.28. The molecule has 1 aliphatic rings. The number of hydrogen-bond donors (Lipinski definition) is 1. The lowest BCUT2D eigenvalue weighted by Gasteiger charge is -2.25. The van der Waals surface area contributed by atoms with Crippen LogP contribution in [0.5, 0.6) is 5.75 Å². The number of benzene rings is 1. The van der Waals surface area contributed by atoms with Gasteiger partial charge in [0.25, 0.3) is 11.8 Å². The van der Waals surface area contributed by atoms with Gasteiger partial charge in [0.1, 0.15) is 17.1 Å². The fourth-order valence-electron chi connectivity index (χ4n) is 2.57. The second-order valence-electron chi connectivity index (χ2n) is 6.31. The molecule has 8 heteroatoms. The Morgan fingerprint density at radius 3 is 2.71 bits per heavy atom. The highest BCUT2D eigenvalue weighted by molar-refractivity contribution is 6.33. The zero-order valence-corrected chi connectivity index (χ0v) is 16.2. The first-order valence-electron chi connectivity index (χ1n) is 8.76. The predicted octanol–water partition coefficient (Wildman–Crippen LogP) is 3.77. The van der Waals surface area contributed by atoms with Gasteiger partial charge in [0.2, 0.25) is 0 Å². The Kier molecular flexibility index (Phi) is 5.84. The lowest BCUT2D eigenvalue weighted by Crippen LogP contribution is -2.53. The minimum absolute atomic E-state index is 0.00794. The van der Waals surface area contributed by atoms with Crippen molar-refractivity contribution in [3.8, 4) is 5.75 Å². The van der Waals surface area contributed by atoms with Crippen LogP contribution >= 0.6 is 11.6 Å². The Labute approximate surface area is 166 Å². The fourth-order valence-corrected chi connectivity index (χ4v) is 2.80. The summed E-state index contributed by atoms with van der Waals surface area (Å²) in [5.74, 6) is -0.526. The van der Waals surface area contributed by atoms with Gasteiger partial charge in [0, 0.05) is 0 Å². The molecule has 28 heavy (non-hydrogen) atoms. The first-order chi connectivity index (χ1) is 13.4. The predicted molar refractivity (Wildman–Crippen MR) is 103 cm³/mol. The maximum atomic E-state index is 12.7. The monoisotopic (exact) mass is 402 g/mol. The van der Waals surface area contributed by atoms with Crippen molar-refractivity contribution in [3.05, 3.63) is 58.5 Å². The SMILES string of the molecule is CCC(C)Oc1ccc(C=C2C(=O)NC(=O)N(Cc3ccco3)C2=O)cc1Cl. The van der Waals surface area contributed by atoms with Crippen LogP contribution < -0.4 is 10.1 Å². The van der Waals surface area contributed by atoms with Crippen LogP contribution in [0.2, 0.25) is 5.02 Å². The summed E-state index contributed by atoms with van der Waals surface area (Å²) in [5.41, 5.74) is 0.366. The molecule has 1 N–H and O–H groups in total. The van der Waals surface area contributed by atoms with Crippen molar-refractivity contribution in [2.75, 3.05) is 0 Å². The van der Waals surface area contributed by atoms with E-state index in [1.54, 1.807) is 30.3 Å². The summed E-state index contributed by atoms with van der Waals surface area (Å²) in [4.78, 5) is 37.8. The van der Waals surface area contributed by atoms with Crippen LogP contribution in [0.1, 0.15) is 31.6 Å². The van der Waals surface area contributed by atoms with Crippen molar-refractivity contribution >= 4 is 35.5 Å². The number of carbonyl (C=O) groups is 3. The van der Waals surface area contributed by atoms with Gasteiger partial charge in [-0.05, 0) is 49.2 Å². The second kappa shape index (κ2) is 8.31.